The Bertz CT molecular complexity index is 44.7. The predicted octanol–water partition coefficient (Wildman–Crippen LogP) is 3.52. The van der Waals surface area contributed by atoms with Crippen molar-refractivity contribution in [1.82, 2.24) is 0 Å². The molecule has 0 bridgehead atoms. The van der Waals surface area contributed by atoms with Gasteiger partial charge in [-0.2, -0.15) is 0 Å². The third kappa shape index (κ3) is 8.06. The smallest absolute Gasteiger partial charge is 0.0806 e. The fourth-order valence-corrected chi connectivity index (χ4v) is 1.06. The SMILES string of the molecule is CCC[B]CCCCCC. The minimum absolute atomic E-state index is 1.31. The summed E-state index contributed by atoms with van der Waals surface area (Å²) < 4.78 is 0. The molecule has 0 rings (SSSR count). The molecule has 0 aliphatic rings. The second-order valence-corrected chi connectivity index (χ2v) is 2.93. The number of hydrogen-bond acceptors (Lipinski definition) is 0. The fraction of sp³-hybridized carbons (Fsp3) is 1.00. The Morgan fingerprint density at radius 1 is 0.800 bits per heavy atom. The Morgan fingerprint density at radius 3 is 2.20 bits per heavy atom. The molecule has 0 amide bonds. The van der Waals surface area contributed by atoms with Crippen LogP contribution >= 0.6 is 0 Å². The van der Waals surface area contributed by atoms with Crippen LogP contribution in [0, 0.1) is 0 Å². The molecule has 0 atom stereocenters. The van der Waals surface area contributed by atoms with E-state index in [-0.39, 0.29) is 0 Å². The van der Waals surface area contributed by atoms with Gasteiger partial charge in [0.2, 0.25) is 0 Å². The van der Waals surface area contributed by atoms with Crippen LogP contribution in [-0.2, 0) is 0 Å². The van der Waals surface area contributed by atoms with Crippen LogP contribution in [0.4, 0.5) is 0 Å². The van der Waals surface area contributed by atoms with Crippen molar-refractivity contribution in [1.29, 1.82) is 0 Å². The van der Waals surface area contributed by atoms with E-state index in [0.29, 0.717) is 0 Å². The summed E-state index contributed by atoms with van der Waals surface area (Å²) >= 11 is 0. The first-order chi connectivity index (χ1) is 4.91. The molecule has 10 heavy (non-hydrogen) atoms. The highest BCUT2D eigenvalue weighted by atomic mass is 13.9. The van der Waals surface area contributed by atoms with Crippen molar-refractivity contribution in [3.63, 3.8) is 0 Å². The molecule has 0 N–H and O–H groups in total. The maximum atomic E-state index is 2.43. The number of rotatable bonds is 7. The normalized spacial score (nSPS) is 9.80. The molecule has 0 aliphatic carbocycles. The molecule has 0 heterocycles. The van der Waals surface area contributed by atoms with Gasteiger partial charge in [-0.05, 0) is 0 Å². The van der Waals surface area contributed by atoms with Gasteiger partial charge in [0.25, 0.3) is 0 Å². The first-order valence-electron chi connectivity index (χ1n) is 4.73. The van der Waals surface area contributed by atoms with Crippen molar-refractivity contribution in [2.75, 3.05) is 0 Å². The Kier molecular flexibility index (Phi) is 9.12. The largest absolute Gasteiger partial charge is 0.109 e. The molecule has 0 unspecified atom stereocenters. The van der Waals surface area contributed by atoms with E-state index >= 15 is 0 Å². The lowest BCUT2D eigenvalue weighted by Crippen LogP contribution is -1.87. The molecule has 59 valence electrons. The summed E-state index contributed by atoms with van der Waals surface area (Å²) in [6.45, 7) is 4.50. The zero-order chi connectivity index (χ0) is 7.66. The van der Waals surface area contributed by atoms with Gasteiger partial charge in [0.1, 0.15) is 7.28 Å². The molecule has 0 saturated carbocycles. The van der Waals surface area contributed by atoms with Crippen LogP contribution in [0.15, 0.2) is 0 Å². The average Bonchev–Trinajstić information content (AvgIpc) is 1.97. The van der Waals surface area contributed by atoms with Crippen LogP contribution in [0.1, 0.15) is 46.0 Å². The molecule has 0 spiro atoms. The zero-order valence-corrected chi connectivity index (χ0v) is 7.53. The van der Waals surface area contributed by atoms with E-state index in [1.54, 1.807) is 0 Å². The standard InChI is InChI=1S/C9H20B/c1-3-5-6-7-9-10-8-4-2/h3-9H2,1-2H3. The van der Waals surface area contributed by atoms with Gasteiger partial charge in [0, 0.05) is 0 Å². The summed E-state index contributed by atoms with van der Waals surface area (Å²) in [7, 11) is 2.43. The molecule has 0 aromatic rings. The molecular weight excluding hydrogens is 119 g/mol. The average molecular weight is 139 g/mol. The highest BCUT2D eigenvalue weighted by Gasteiger charge is 1.89. The summed E-state index contributed by atoms with van der Waals surface area (Å²) in [5.41, 5.74) is 0. The highest BCUT2D eigenvalue weighted by molar-refractivity contribution is 6.35. The first kappa shape index (κ1) is 10.1. The molecule has 0 saturated heterocycles. The summed E-state index contributed by atoms with van der Waals surface area (Å²) in [5, 5.41) is 0. The highest BCUT2D eigenvalue weighted by Crippen LogP contribution is 2.03. The first-order valence-corrected chi connectivity index (χ1v) is 4.73. The molecule has 1 heteroatoms. The van der Waals surface area contributed by atoms with Gasteiger partial charge in [-0.15, -0.1) is 0 Å². The number of unbranched alkanes of at least 4 members (excludes halogenated alkanes) is 3. The predicted molar refractivity (Wildman–Crippen MR) is 49.8 cm³/mol. The Hall–Kier alpha value is 0.0649. The minimum atomic E-state index is 1.31. The van der Waals surface area contributed by atoms with Crippen LogP contribution in [-0.4, -0.2) is 7.28 Å². The number of hydrogen-bond donors (Lipinski definition) is 0. The second-order valence-electron chi connectivity index (χ2n) is 2.93. The van der Waals surface area contributed by atoms with Crippen LogP contribution < -0.4 is 0 Å². The van der Waals surface area contributed by atoms with E-state index in [1.807, 2.05) is 0 Å². The molecule has 0 aliphatic heterocycles. The lowest BCUT2D eigenvalue weighted by Gasteiger charge is -1.96. The van der Waals surface area contributed by atoms with Gasteiger partial charge in [-0.1, -0.05) is 58.6 Å². The minimum Gasteiger partial charge on any atom is -0.0806 e. The zero-order valence-electron chi connectivity index (χ0n) is 7.53. The van der Waals surface area contributed by atoms with Crippen molar-refractivity contribution in [2.45, 2.75) is 58.6 Å². The van der Waals surface area contributed by atoms with Gasteiger partial charge in [0.05, 0.1) is 0 Å². The fourth-order valence-electron chi connectivity index (χ4n) is 1.06. The van der Waals surface area contributed by atoms with Crippen molar-refractivity contribution in [2.24, 2.45) is 0 Å². The van der Waals surface area contributed by atoms with Crippen LogP contribution in [0.5, 0.6) is 0 Å². The summed E-state index contributed by atoms with van der Waals surface area (Å²) in [4.78, 5) is 0. The lowest BCUT2D eigenvalue weighted by molar-refractivity contribution is 0.699. The van der Waals surface area contributed by atoms with Crippen LogP contribution in [0.3, 0.4) is 0 Å². The van der Waals surface area contributed by atoms with Gasteiger partial charge in [-0.3, -0.25) is 0 Å². The van der Waals surface area contributed by atoms with E-state index < -0.39 is 0 Å². The summed E-state index contributed by atoms with van der Waals surface area (Å²) in [5.74, 6) is 0. The monoisotopic (exact) mass is 139 g/mol. The van der Waals surface area contributed by atoms with Crippen molar-refractivity contribution >= 4 is 7.28 Å². The summed E-state index contributed by atoms with van der Waals surface area (Å²) in [6.07, 6.45) is 9.58. The quantitative estimate of drug-likeness (QED) is 0.374. The van der Waals surface area contributed by atoms with Gasteiger partial charge < -0.3 is 0 Å². The topological polar surface area (TPSA) is 0 Å². The lowest BCUT2D eigenvalue weighted by atomic mass is 9.69. The molecule has 1 radical (unpaired) electrons. The molecule has 0 nitrogen and oxygen atoms in total. The second kappa shape index (κ2) is 9.06. The van der Waals surface area contributed by atoms with E-state index in [0.717, 1.165) is 0 Å². The van der Waals surface area contributed by atoms with E-state index in [9.17, 15) is 0 Å². The van der Waals surface area contributed by atoms with Gasteiger partial charge >= 0.3 is 0 Å². The molecule has 0 aromatic heterocycles. The van der Waals surface area contributed by atoms with E-state index in [4.69, 9.17) is 0 Å². The Morgan fingerprint density at radius 2 is 1.60 bits per heavy atom. The maximum absolute atomic E-state index is 2.43. The summed E-state index contributed by atoms with van der Waals surface area (Å²) in [6, 6.07) is 0. The van der Waals surface area contributed by atoms with Crippen molar-refractivity contribution in [3.8, 4) is 0 Å². The third-order valence-corrected chi connectivity index (χ3v) is 1.75. The molecular formula is C9H20B. The Labute approximate surface area is 66.6 Å². The molecule has 0 aromatic carbocycles. The van der Waals surface area contributed by atoms with Gasteiger partial charge in [-0.25, -0.2) is 0 Å². The maximum Gasteiger partial charge on any atom is 0.109 e. The van der Waals surface area contributed by atoms with Crippen molar-refractivity contribution in [3.05, 3.63) is 0 Å². The van der Waals surface area contributed by atoms with Crippen LogP contribution in [0.25, 0.3) is 0 Å². The van der Waals surface area contributed by atoms with E-state index in [1.165, 1.54) is 44.7 Å². The van der Waals surface area contributed by atoms with E-state index in [2.05, 4.69) is 21.1 Å². The van der Waals surface area contributed by atoms with Crippen LogP contribution in [0.2, 0.25) is 12.6 Å². The molecule has 0 fully saturated rings. The van der Waals surface area contributed by atoms with Crippen molar-refractivity contribution < 1.29 is 0 Å². The van der Waals surface area contributed by atoms with Gasteiger partial charge in [0.15, 0.2) is 0 Å². The third-order valence-electron chi connectivity index (χ3n) is 1.75. The Balaban J connectivity index is 2.65.